The van der Waals surface area contributed by atoms with Crippen molar-refractivity contribution in [3.63, 3.8) is 0 Å². The quantitative estimate of drug-likeness (QED) is 0.117. The van der Waals surface area contributed by atoms with Crippen LogP contribution >= 0.6 is 0 Å². The van der Waals surface area contributed by atoms with Crippen LogP contribution in [0.25, 0.3) is 0 Å². The van der Waals surface area contributed by atoms with Crippen molar-refractivity contribution in [1.29, 1.82) is 0 Å². The summed E-state index contributed by atoms with van der Waals surface area (Å²) >= 11 is 0. The zero-order valence-corrected chi connectivity index (χ0v) is 28.6. The average Bonchev–Trinajstić information content (AvgIpc) is 2.96. The average molecular weight is 619 g/mol. The van der Waals surface area contributed by atoms with Gasteiger partial charge in [0.2, 0.25) is 0 Å². The molecule has 0 amide bonds. The molecule has 0 rings (SSSR count). The van der Waals surface area contributed by atoms with Crippen LogP contribution in [0.5, 0.6) is 0 Å². The fourth-order valence-electron chi connectivity index (χ4n) is 2.51. The van der Waals surface area contributed by atoms with Crippen LogP contribution < -0.4 is 0 Å². The van der Waals surface area contributed by atoms with E-state index < -0.39 is 26.4 Å². The van der Waals surface area contributed by atoms with E-state index in [4.69, 9.17) is 54.0 Å². The van der Waals surface area contributed by atoms with Gasteiger partial charge in [-0.2, -0.15) is 0 Å². The first-order valence-corrected chi connectivity index (χ1v) is 18.0. The molecule has 0 heterocycles. The summed E-state index contributed by atoms with van der Waals surface area (Å²) < 4.78 is 63.0. The van der Waals surface area contributed by atoms with Crippen LogP contribution in [0.2, 0.25) is 0 Å². The number of methoxy groups -OCH3 is 3. The maximum absolute atomic E-state index is 5.65. The van der Waals surface area contributed by atoms with Crippen LogP contribution in [0.1, 0.15) is 20.8 Å². The van der Waals surface area contributed by atoms with Crippen molar-refractivity contribution in [1.82, 2.24) is 0 Å². The predicted molar refractivity (Wildman–Crippen MR) is 157 cm³/mol. The van der Waals surface area contributed by atoms with E-state index in [1.165, 1.54) is 0 Å². The molecule has 0 unspecified atom stereocenters. The Labute approximate surface area is 240 Å². The van der Waals surface area contributed by atoms with Crippen molar-refractivity contribution in [2.75, 3.05) is 102 Å². The molecule has 12 nitrogen and oxygen atoms in total. The van der Waals surface area contributed by atoms with Crippen LogP contribution in [0.4, 0.5) is 0 Å². The third-order valence-corrected chi connectivity index (χ3v) is 11.5. The lowest BCUT2D eigenvalue weighted by atomic mass is 10.8. The Morgan fingerprint density at radius 1 is 0.410 bits per heavy atom. The molecule has 0 radical (unpaired) electrons. The van der Waals surface area contributed by atoms with Gasteiger partial charge in [0.25, 0.3) is 0 Å². The highest BCUT2D eigenvalue weighted by Gasteiger charge is 2.38. The molecule has 0 aliphatic carbocycles. The molecule has 0 aliphatic heterocycles. The van der Waals surface area contributed by atoms with Crippen molar-refractivity contribution in [3.05, 3.63) is 36.8 Å². The summed E-state index contributed by atoms with van der Waals surface area (Å²) in [4.78, 5) is 0. The van der Waals surface area contributed by atoms with E-state index in [0.717, 1.165) is 0 Å². The summed E-state index contributed by atoms with van der Waals surface area (Å²) in [5.74, 6) is 0. The normalized spacial score (nSPS) is 11.6. The first kappa shape index (κ1) is 42.9. The lowest BCUT2D eigenvalue weighted by Gasteiger charge is -2.26. The van der Waals surface area contributed by atoms with E-state index in [1.807, 2.05) is 20.8 Å². The van der Waals surface area contributed by atoms with Gasteiger partial charge >= 0.3 is 26.4 Å². The monoisotopic (exact) mass is 618 g/mol. The molecule has 0 spiro atoms. The maximum Gasteiger partial charge on any atom is 0.529 e. The first-order valence-electron chi connectivity index (χ1n) is 12.6. The first-order chi connectivity index (χ1) is 18.7. The topological polar surface area (TPSA) is 111 Å². The van der Waals surface area contributed by atoms with Crippen LogP contribution in [0.15, 0.2) is 36.8 Å². The molecule has 0 atom stereocenters. The SMILES string of the molecule is C=C[Si](OC)(OC)OC.C=C[Si](OCC)(OCC)OCC.C=C[Si](OCCOC)(OCCOC)OCCOC. The van der Waals surface area contributed by atoms with E-state index in [0.29, 0.717) is 59.5 Å². The minimum atomic E-state index is -2.86. The number of hydrogen-bond donors (Lipinski definition) is 0. The highest BCUT2D eigenvalue weighted by atomic mass is 28.4. The molecule has 15 heteroatoms. The summed E-state index contributed by atoms with van der Waals surface area (Å²) in [6, 6.07) is 0. The van der Waals surface area contributed by atoms with Crippen molar-refractivity contribution < 1.29 is 54.0 Å². The Balaban J connectivity index is -0.000000534. The van der Waals surface area contributed by atoms with E-state index >= 15 is 0 Å². The van der Waals surface area contributed by atoms with Gasteiger partial charge in [-0.3, -0.25) is 0 Å². The Hall–Kier alpha value is -0.609. The van der Waals surface area contributed by atoms with E-state index in [9.17, 15) is 0 Å². The molecule has 0 aromatic rings. The summed E-state index contributed by atoms with van der Waals surface area (Å²) in [6.45, 7) is 21.1. The second-order valence-corrected chi connectivity index (χ2v) is 14.7. The van der Waals surface area contributed by atoms with Gasteiger partial charge in [0.15, 0.2) is 0 Å². The minimum Gasteiger partial charge on any atom is -0.382 e. The van der Waals surface area contributed by atoms with Gasteiger partial charge in [-0.25, -0.2) is 0 Å². The minimum absolute atomic E-state index is 0.398. The molecule has 0 N–H and O–H groups in total. The van der Waals surface area contributed by atoms with Gasteiger partial charge in [-0.15, -0.1) is 0 Å². The molecule has 0 aromatic heterocycles. The smallest absolute Gasteiger partial charge is 0.382 e. The summed E-state index contributed by atoms with van der Waals surface area (Å²) in [7, 11) is 1.66. The fourth-order valence-corrected chi connectivity index (χ4v) is 7.03. The molecule has 0 saturated heterocycles. The second-order valence-electron chi connectivity index (χ2n) is 6.86. The largest absolute Gasteiger partial charge is 0.529 e. The van der Waals surface area contributed by atoms with Crippen molar-refractivity contribution in [2.45, 2.75) is 20.8 Å². The van der Waals surface area contributed by atoms with Gasteiger partial charge in [0, 0.05) is 62.5 Å². The van der Waals surface area contributed by atoms with E-state index in [-0.39, 0.29) is 0 Å². The molecular weight excluding hydrogens is 565 g/mol. The van der Waals surface area contributed by atoms with Crippen molar-refractivity contribution in [3.8, 4) is 0 Å². The molecule has 39 heavy (non-hydrogen) atoms. The van der Waals surface area contributed by atoms with Crippen LogP contribution in [0.3, 0.4) is 0 Å². The highest BCUT2D eigenvalue weighted by molar-refractivity contribution is 6.66. The molecule has 0 bridgehead atoms. The summed E-state index contributed by atoms with van der Waals surface area (Å²) in [6.07, 6.45) is 0. The number of hydrogen-bond acceptors (Lipinski definition) is 12. The molecular formula is C24H54O12Si3. The third-order valence-electron chi connectivity index (χ3n) is 4.41. The zero-order valence-electron chi connectivity index (χ0n) is 25.6. The van der Waals surface area contributed by atoms with Gasteiger partial charge in [-0.1, -0.05) is 19.7 Å². The predicted octanol–water partition coefficient (Wildman–Crippen LogP) is 2.99. The van der Waals surface area contributed by atoms with Gasteiger partial charge in [-0.05, 0) is 37.9 Å². The Morgan fingerprint density at radius 3 is 0.821 bits per heavy atom. The molecule has 234 valence electrons. The fraction of sp³-hybridized carbons (Fsp3) is 0.750. The molecule has 0 aromatic carbocycles. The maximum atomic E-state index is 5.65. The molecule has 0 aliphatic rings. The number of rotatable bonds is 24. The van der Waals surface area contributed by atoms with Crippen molar-refractivity contribution >= 4 is 26.4 Å². The highest BCUT2D eigenvalue weighted by Crippen LogP contribution is 2.12. The summed E-state index contributed by atoms with van der Waals surface area (Å²) in [5.41, 5.74) is 4.85. The third kappa shape index (κ3) is 20.9. The molecule has 0 saturated carbocycles. The van der Waals surface area contributed by atoms with E-state index in [1.54, 1.807) is 59.8 Å². The van der Waals surface area contributed by atoms with Crippen LogP contribution in [-0.2, 0) is 54.0 Å². The van der Waals surface area contributed by atoms with E-state index in [2.05, 4.69) is 19.7 Å². The van der Waals surface area contributed by atoms with Gasteiger partial charge in [0.1, 0.15) is 0 Å². The lowest BCUT2D eigenvalue weighted by Crippen LogP contribution is -2.46. The Morgan fingerprint density at radius 2 is 0.667 bits per heavy atom. The number of ether oxygens (including phenoxy) is 3. The Kier molecular flexibility index (Phi) is 31.8. The van der Waals surface area contributed by atoms with Gasteiger partial charge in [0.05, 0.1) is 39.6 Å². The molecule has 0 fully saturated rings. The standard InChI is InChI=1S/C11H24O6Si.C8H18O3Si.C5H12O3Si/c1-5-18(15-9-6-12-2,16-10-7-13-3)17-11-8-14-4;1-5-9-12(8-4,10-6-2)11-7-3;1-5-9(6-2,7-3)8-4/h5H,1,6-11H2,2-4H3;8H,4-7H2,1-3H3;5H,1H2,2-4H3. The zero-order chi connectivity index (χ0) is 30.5. The second kappa shape index (κ2) is 28.9. The van der Waals surface area contributed by atoms with Gasteiger partial charge < -0.3 is 54.0 Å². The lowest BCUT2D eigenvalue weighted by molar-refractivity contribution is 0.0232. The van der Waals surface area contributed by atoms with Crippen molar-refractivity contribution in [2.24, 2.45) is 0 Å². The van der Waals surface area contributed by atoms with Crippen LogP contribution in [-0.4, -0.2) is 129 Å². The van der Waals surface area contributed by atoms with Crippen LogP contribution in [0, 0.1) is 0 Å². The Bertz CT molecular complexity index is 517. The summed E-state index contributed by atoms with van der Waals surface area (Å²) in [5, 5.41) is 0.